The molecule has 1 aliphatic heterocycles. The van der Waals surface area contributed by atoms with E-state index in [0.29, 0.717) is 0 Å². The lowest BCUT2D eigenvalue weighted by Crippen LogP contribution is -2.26. The summed E-state index contributed by atoms with van der Waals surface area (Å²) >= 11 is 4.26. The van der Waals surface area contributed by atoms with Gasteiger partial charge in [0.05, 0.1) is 6.10 Å². The maximum atomic E-state index is 9.54. The maximum absolute atomic E-state index is 9.54. The Hall–Kier alpha value is 0.270. The number of aliphatic hydroxyl groups excluding tert-OH is 1. The molecule has 3 heteroatoms. The van der Waals surface area contributed by atoms with Crippen molar-refractivity contribution < 1.29 is 5.11 Å². The summed E-state index contributed by atoms with van der Waals surface area (Å²) in [5, 5.41) is 9.54. The topological polar surface area (TPSA) is 23.5 Å². The molecule has 2 nitrogen and oxygen atoms in total. The standard InChI is InChI=1S/C10H19NOS/c12-10-2-1-8-6-11(3-4-13)7-9(8)5-10/h8-10,12-13H,1-7H2. The van der Waals surface area contributed by atoms with Crippen LogP contribution in [0.1, 0.15) is 19.3 Å². The molecule has 0 amide bonds. The summed E-state index contributed by atoms with van der Waals surface area (Å²) in [6.07, 6.45) is 3.27. The van der Waals surface area contributed by atoms with E-state index in [4.69, 9.17) is 0 Å². The molecular weight excluding hydrogens is 182 g/mol. The maximum Gasteiger partial charge on any atom is 0.0543 e. The molecule has 1 aliphatic carbocycles. The first-order valence-corrected chi connectivity index (χ1v) is 5.94. The molecule has 0 radical (unpaired) electrons. The molecule has 2 aliphatic rings. The number of hydrogen-bond acceptors (Lipinski definition) is 3. The highest BCUT2D eigenvalue weighted by Crippen LogP contribution is 2.35. The molecule has 0 spiro atoms. The molecule has 3 atom stereocenters. The molecule has 1 N–H and O–H groups in total. The minimum Gasteiger partial charge on any atom is -0.393 e. The van der Waals surface area contributed by atoms with Gasteiger partial charge in [0.1, 0.15) is 0 Å². The molecule has 76 valence electrons. The van der Waals surface area contributed by atoms with Crippen LogP contribution >= 0.6 is 12.6 Å². The second-order valence-electron chi connectivity index (χ2n) is 4.47. The smallest absolute Gasteiger partial charge is 0.0543 e. The van der Waals surface area contributed by atoms with Crippen molar-refractivity contribution in [1.29, 1.82) is 0 Å². The summed E-state index contributed by atoms with van der Waals surface area (Å²) in [5.74, 6) is 2.59. The van der Waals surface area contributed by atoms with Gasteiger partial charge in [-0.05, 0) is 31.1 Å². The lowest BCUT2D eigenvalue weighted by molar-refractivity contribution is 0.0866. The predicted molar refractivity (Wildman–Crippen MR) is 57.1 cm³/mol. The van der Waals surface area contributed by atoms with Gasteiger partial charge >= 0.3 is 0 Å². The van der Waals surface area contributed by atoms with Crippen LogP contribution in [0.2, 0.25) is 0 Å². The van der Waals surface area contributed by atoms with Crippen LogP contribution in [0, 0.1) is 11.8 Å². The molecule has 1 heterocycles. The Labute approximate surface area is 85.7 Å². The summed E-state index contributed by atoms with van der Waals surface area (Å²) in [7, 11) is 0. The molecule has 0 aromatic heterocycles. The van der Waals surface area contributed by atoms with Gasteiger partial charge in [-0.3, -0.25) is 0 Å². The zero-order valence-electron chi connectivity index (χ0n) is 8.02. The highest BCUT2D eigenvalue weighted by Gasteiger charge is 2.36. The van der Waals surface area contributed by atoms with Crippen LogP contribution in [-0.2, 0) is 0 Å². The fourth-order valence-electron chi connectivity index (χ4n) is 2.83. The minimum absolute atomic E-state index is 0.0165. The van der Waals surface area contributed by atoms with Gasteiger partial charge in [0.2, 0.25) is 0 Å². The molecule has 0 aromatic carbocycles. The molecule has 2 fully saturated rings. The van der Waals surface area contributed by atoms with Crippen LogP contribution < -0.4 is 0 Å². The first-order chi connectivity index (χ1) is 6.29. The molecule has 2 rings (SSSR count). The van der Waals surface area contributed by atoms with Crippen molar-refractivity contribution in [2.45, 2.75) is 25.4 Å². The van der Waals surface area contributed by atoms with E-state index in [1.54, 1.807) is 0 Å². The van der Waals surface area contributed by atoms with E-state index >= 15 is 0 Å². The Kier molecular flexibility index (Phi) is 3.17. The Morgan fingerprint density at radius 3 is 2.77 bits per heavy atom. The van der Waals surface area contributed by atoms with Gasteiger partial charge in [0.15, 0.2) is 0 Å². The predicted octanol–water partition coefficient (Wildman–Crippen LogP) is 1.01. The van der Waals surface area contributed by atoms with Crippen LogP contribution in [0.15, 0.2) is 0 Å². The van der Waals surface area contributed by atoms with Crippen molar-refractivity contribution in [3.63, 3.8) is 0 Å². The van der Waals surface area contributed by atoms with E-state index in [1.807, 2.05) is 0 Å². The van der Waals surface area contributed by atoms with Crippen molar-refractivity contribution in [1.82, 2.24) is 4.90 Å². The highest BCUT2D eigenvalue weighted by molar-refractivity contribution is 7.80. The van der Waals surface area contributed by atoms with Gasteiger partial charge in [-0.1, -0.05) is 0 Å². The largest absolute Gasteiger partial charge is 0.393 e. The first-order valence-electron chi connectivity index (χ1n) is 5.31. The monoisotopic (exact) mass is 201 g/mol. The van der Waals surface area contributed by atoms with Gasteiger partial charge in [-0.2, -0.15) is 12.6 Å². The number of rotatable bonds is 2. The SMILES string of the molecule is OC1CCC2CN(CCS)CC2C1. The zero-order chi connectivity index (χ0) is 9.26. The summed E-state index contributed by atoms with van der Waals surface area (Å²) < 4.78 is 0. The number of aliphatic hydroxyl groups is 1. The Balaban J connectivity index is 1.87. The molecule has 0 aromatic rings. The minimum atomic E-state index is -0.0165. The summed E-state index contributed by atoms with van der Waals surface area (Å²) in [6.45, 7) is 3.56. The van der Waals surface area contributed by atoms with Gasteiger partial charge in [-0.15, -0.1) is 0 Å². The van der Waals surface area contributed by atoms with Crippen LogP contribution in [0.25, 0.3) is 0 Å². The zero-order valence-corrected chi connectivity index (χ0v) is 8.92. The Morgan fingerprint density at radius 2 is 2.00 bits per heavy atom. The van der Waals surface area contributed by atoms with Crippen molar-refractivity contribution in [2.75, 3.05) is 25.4 Å². The van der Waals surface area contributed by atoms with E-state index in [-0.39, 0.29) is 6.10 Å². The van der Waals surface area contributed by atoms with Crippen molar-refractivity contribution in [3.05, 3.63) is 0 Å². The van der Waals surface area contributed by atoms with Crippen LogP contribution in [0.4, 0.5) is 0 Å². The number of nitrogens with zero attached hydrogens (tertiary/aromatic N) is 1. The normalized spacial score (nSPS) is 40.6. The fraction of sp³-hybridized carbons (Fsp3) is 1.00. The van der Waals surface area contributed by atoms with E-state index in [1.165, 1.54) is 19.5 Å². The molecule has 0 bridgehead atoms. The third-order valence-electron chi connectivity index (χ3n) is 3.51. The Morgan fingerprint density at radius 1 is 1.23 bits per heavy atom. The third kappa shape index (κ3) is 2.20. The number of likely N-dealkylation sites (tertiary alicyclic amines) is 1. The van der Waals surface area contributed by atoms with E-state index in [0.717, 1.165) is 37.0 Å². The molecular formula is C10H19NOS. The summed E-state index contributed by atoms with van der Waals surface area (Å²) in [4.78, 5) is 2.50. The average Bonchev–Trinajstić information content (AvgIpc) is 2.46. The van der Waals surface area contributed by atoms with Gasteiger partial charge < -0.3 is 10.0 Å². The quantitative estimate of drug-likeness (QED) is 0.651. The van der Waals surface area contributed by atoms with Crippen LogP contribution in [0.5, 0.6) is 0 Å². The summed E-state index contributed by atoms with van der Waals surface area (Å²) in [5.41, 5.74) is 0. The number of hydrogen-bond donors (Lipinski definition) is 2. The first kappa shape index (κ1) is 9.81. The van der Waals surface area contributed by atoms with Crippen molar-refractivity contribution in [3.8, 4) is 0 Å². The van der Waals surface area contributed by atoms with Gasteiger partial charge in [0, 0.05) is 25.4 Å². The lowest BCUT2D eigenvalue weighted by Gasteiger charge is -2.27. The average molecular weight is 201 g/mol. The number of thiol groups is 1. The van der Waals surface area contributed by atoms with Crippen molar-refractivity contribution >= 4 is 12.6 Å². The molecule has 13 heavy (non-hydrogen) atoms. The van der Waals surface area contributed by atoms with E-state index < -0.39 is 0 Å². The third-order valence-corrected chi connectivity index (χ3v) is 3.71. The molecule has 1 saturated carbocycles. The van der Waals surface area contributed by atoms with Crippen molar-refractivity contribution in [2.24, 2.45) is 11.8 Å². The van der Waals surface area contributed by atoms with Crippen LogP contribution in [0.3, 0.4) is 0 Å². The van der Waals surface area contributed by atoms with E-state index in [9.17, 15) is 5.11 Å². The van der Waals surface area contributed by atoms with E-state index in [2.05, 4.69) is 17.5 Å². The fourth-order valence-corrected chi connectivity index (χ4v) is 3.11. The lowest BCUT2D eigenvalue weighted by atomic mass is 9.80. The van der Waals surface area contributed by atoms with Gasteiger partial charge in [0.25, 0.3) is 0 Å². The molecule has 1 saturated heterocycles. The molecule has 3 unspecified atom stereocenters. The summed E-state index contributed by atoms with van der Waals surface area (Å²) in [6, 6.07) is 0. The second-order valence-corrected chi connectivity index (χ2v) is 4.92. The number of fused-ring (bicyclic) bond motifs is 1. The van der Waals surface area contributed by atoms with Gasteiger partial charge in [-0.25, -0.2) is 0 Å². The highest BCUT2D eigenvalue weighted by atomic mass is 32.1. The Bertz CT molecular complexity index is 176. The van der Waals surface area contributed by atoms with Crippen LogP contribution in [-0.4, -0.2) is 41.5 Å². The second kappa shape index (κ2) is 4.20.